The van der Waals surface area contributed by atoms with Gasteiger partial charge in [0.1, 0.15) is 0 Å². The van der Waals surface area contributed by atoms with E-state index in [4.69, 9.17) is 33.1 Å². The van der Waals surface area contributed by atoms with Gasteiger partial charge in [0.15, 0.2) is 0 Å². The number of rotatable bonds is 4. The van der Waals surface area contributed by atoms with E-state index in [0.717, 1.165) is 12.1 Å². The van der Waals surface area contributed by atoms with E-state index in [2.05, 4.69) is 5.32 Å². The molecule has 0 aliphatic heterocycles. The molecule has 0 atom stereocenters. The van der Waals surface area contributed by atoms with Crippen molar-refractivity contribution >= 4 is 45.0 Å². The van der Waals surface area contributed by atoms with Crippen LogP contribution in [0.4, 0.5) is 10.5 Å². The summed E-state index contributed by atoms with van der Waals surface area (Å²) in [6.07, 6.45) is -0.0619. The summed E-state index contributed by atoms with van der Waals surface area (Å²) in [7, 11) is -3.92. The van der Waals surface area contributed by atoms with E-state index < -0.39 is 16.1 Å². The Balaban J connectivity index is 3.01. The highest BCUT2D eigenvalue weighted by Crippen LogP contribution is 2.33. The number of primary sulfonamides is 1. The van der Waals surface area contributed by atoms with Crippen LogP contribution in [-0.2, 0) is 14.8 Å². The molecule has 6 nitrogen and oxygen atoms in total. The van der Waals surface area contributed by atoms with Gasteiger partial charge in [0.25, 0.3) is 0 Å². The largest absolute Gasteiger partial charge is 0.449 e. The maximum absolute atomic E-state index is 11.4. The highest BCUT2D eigenvalue weighted by molar-refractivity contribution is 7.89. The van der Waals surface area contributed by atoms with E-state index in [1.54, 1.807) is 0 Å². The van der Waals surface area contributed by atoms with E-state index in [-0.39, 0.29) is 27.2 Å². The number of carbonyl (C=O) groups is 1. The minimum atomic E-state index is -3.92. The summed E-state index contributed by atoms with van der Waals surface area (Å²) in [5.41, 5.74) is 0.0665. The van der Waals surface area contributed by atoms with Crippen LogP contribution in [0, 0.1) is 0 Å². The first-order chi connectivity index (χ1) is 8.75. The molecule has 0 spiro atoms. The Labute approximate surface area is 120 Å². The monoisotopic (exact) mass is 326 g/mol. The first-order valence-electron chi connectivity index (χ1n) is 5.21. The number of amides is 1. The summed E-state index contributed by atoms with van der Waals surface area (Å²) in [6.45, 7) is 2.09. The van der Waals surface area contributed by atoms with Crippen molar-refractivity contribution in [3.05, 3.63) is 22.2 Å². The molecule has 1 rings (SSSR count). The van der Waals surface area contributed by atoms with Gasteiger partial charge in [0.2, 0.25) is 10.0 Å². The van der Waals surface area contributed by atoms with Crippen LogP contribution in [-0.4, -0.2) is 21.1 Å². The molecule has 106 valence electrons. The molecule has 3 N–H and O–H groups in total. The lowest BCUT2D eigenvalue weighted by molar-refractivity contribution is 0.161. The fraction of sp³-hybridized carbons (Fsp3) is 0.300. The molecule has 0 bridgehead atoms. The molecule has 1 aromatic rings. The van der Waals surface area contributed by atoms with Gasteiger partial charge in [-0.15, -0.1) is 0 Å². The summed E-state index contributed by atoms with van der Waals surface area (Å²) in [5, 5.41) is 7.18. The number of anilines is 1. The number of nitrogens with two attached hydrogens (primary N) is 1. The molecule has 1 aromatic carbocycles. The number of sulfonamides is 1. The predicted octanol–water partition coefficient (Wildman–Crippen LogP) is 2.60. The molecule has 0 radical (unpaired) electrons. The Morgan fingerprint density at radius 3 is 2.32 bits per heavy atom. The zero-order chi connectivity index (χ0) is 14.6. The fourth-order valence-electron chi connectivity index (χ4n) is 1.17. The maximum Gasteiger partial charge on any atom is 0.411 e. The molecule has 0 aliphatic carbocycles. The molecular formula is C10H12Cl2N2O4S. The van der Waals surface area contributed by atoms with Gasteiger partial charge < -0.3 is 4.74 Å². The molecule has 0 saturated carbocycles. The number of hydrogen-bond donors (Lipinski definition) is 2. The van der Waals surface area contributed by atoms with Gasteiger partial charge >= 0.3 is 6.09 Å². The minimum absolute atomic E-state index is 0.0510. The quantitative estimate of drug-likeness (QED) is 0.888. The molecule has 9 heteroatoms. The van der Waals surface area contributed by atoms with E-state index in [9.17, 15) is 13.2 Å². The molecule has 19 heavy (non-hydrogen) atoms. The second-order valence-electron chi connectivity index (χ2n) is 3.57. The molecule has 0 aliphatic rings. The lowest BCUT2D eigenvalue weighted by Crippen LogP contribution is -2.16. The van der Waals surface area contributed by atoms with Crippen molar-refractivity contribution in [2.45, 2.75) is 18.2 Å². The number of carbonyl (C=O) groups excluding carboxylic acids is 1. The number of hydrogen-bond acceptors (Lipinski definition) is 4. The van der Waals surface area contributed by atoms with Crippen molar-refractivity contribution in [3.63, 3.8) is 0 Å². The van der Waals surface area contributed by atoms with Gasteiger partial charge in [-0.05, 0) is 18.6 Å². The number of halogens is 2. The third-order valence-electron chi connectivity index (χ3n) is 2.01. The van der Waals surface area contributed by atoms with Crippen LogP contribution >= 0.6 is 23.2 Å². The van der Waals surface area contributed by atoms with Crippen LogP contribution in [0.15, 0.2) is 17.0 Å². The summed E-state index contributed by atoms with van der Waals surface area (Å²) < 4.78 is 27.1. The average Bonchev–Trinajstić information content (AvgIpc) is 2.29. The van der Waals surface area contributed by atoms with Gasteiger partial charge in [-0.25, -0.2) is 18.4 Å². The zero-order valence-corrected chi connectivity index (χ0v) is 12.3. The summed E-state index contributed by atoms with van der Waals surface area (Å²) >= 11 is 11.7. The van der Waals surface area contributed by atoms with Crippen molar-refractivity contribution in [1.82, 2.24) is 0 Å². The second kappa shape index (κ2) is 6.42. The molecule has 0 saturated heterocycles. The van der Waals surface area contributed by atoms with Gasteiger partial charge in [-0.3, -0.25) is 5.32 Å². The fourth-order valence-corrected chi connectivity index (χ4v) is 2.44. The van der Waals surface area contributed by atoms with Crippen molar-refractivity contribution in [2.75, 3.05) is 11.9 Å². The summed E-state index contributed by atoms with van der Waals surface area (Å²) in [6, 6.07) is 2.19. The molecular weight excluding hydrogens is 315 g/mol. The smallest absolute Gasteiger partial charge is 0.411 e. The van der Waals surface area contributed by atoms with Crippen LogP contribution in [0.2, 0.25) is 10.0 Å². The van der Waals surface area contributed by atoms with Gasteiger partial charge in [0, 0.05) is 0 Å². The average molecular weight is 327 g/mol. The van der Waals surface area contributed by atoms with Gasteiger partial charge in [-0.2, -0.15) is 0 Å². The van der Waals surface area contributed by atoms with Gasteiger partial charge in [0.05, 0.1) is 27.2 Å². The Morgan fingerprint density at radius 2 is 1.89 bits per heavy atom. The molecule has 1 amide bonds. The van der Waals surface area contributed by atoms with E-state index in [1.165, 1.54) is 0 Å². The molecule has 0 heterocycles. The lowest BCUT2D eigenvalue weighted by atomic mass is 10.3. The first kappa shape index (κ1) is 16.0. The molecule has 0 aromatic heterocycles. The number of benzene rings is 1. The molecule has 0 unspecified atom stereocenters. The highest BCUT2D eigenvalue weighted by Gasteiger charge is 2.16. The first-order valence-corrected chi connectivity index (χ1v) is 7.51. The van der Waals surface area contributed by atoms with Crippen LogP contribution in [0.25, 0.3) is 0 Å². The van der Waals surface area contributed by atoms with Crippen molar-refractivity contribution in [1.29, 1.82) is 0 Å². The van der Waals surface area contributed by atoms with Crippen molar-refractivity contribution < 1.29 is 17.9 Å². The van der Waals surface area contributed by atoms with Crippen LogP contribution in [0.5, 0.6) is 0 Å². The van der Waals surface area contributed by atoms with Crippen molar-refractivity contribution in [2.24, 2.45) is 5.14 Å². The van der Waals surface area contributed by atoms with E-state index in [0.29, 0.717) is 6.42 Å². The summed E-state index contributed by atoms with van der Waals surface area (Å²) in [5.74, 6) is 0. The number of ether oxygens (including phenoxy) is 1. The standard InChI is InChI=1S/C10H12Cl2N2O4S/c1-2-3-18-10(15)14-9-7(11)4-6(5-8(9)12)19(13,16)17/h4-5H,2-3H2,1H3,(H,14,15)(H2,13,16,17). The zero-order valence-electron chi connectivity index (χ0n) is 9.94. The Bertz CT molecular complexity index is 566. The highest BCUT2D eigenvalue weighted by atomic mass is 35.5. The normalized spacial score (nSPS) is 11.2. The SMILES string of the molecule is CCCOC(=O)Nc1c(Cl)cc(S(N)(=O)=O)cc1Cl. The Hall–Kier alpha value is -1.02. The van der Waals surface area contributed by atoms with Crippen LogP contribution in [0.3, 0.4) is 0 Å². The summed E-state index contributed by atoms with van der Waals surface area (Å²) in [4.78, 5) is 11.1. The lowest BCUT2D eigenvalue weighted by Gasteiger charge is -2.10. The van der Waals surface area contributed by atoms with Crippen molar-refractivity contribution in [3.8, 4) is 0 Å². The maximum atomic E-state index is 11.4. The van der Waals surface area contributed by atoms with Crippen LogP contribution < -0.4 is 10.5 Å². The minimum Gasteiger partial charge on any atom is -0.449 e. The third kappa shape index (κ3) is 4.54. The third-order valence-corrected chi connectivity index (χ3v) is 3.50. The van der Waals surface area contributed by atoms with E-state index in [1.807, 2.05) is 6.92 Å². The Morgan fingerprint density at radius 1 is 1.37 bits per heavy atom. The number of nitrogens with one attached hydrogen (secondary N) is 1. The Kier molecular flexibility index (Phi) is 5.42. The topological polar surface area (TPSA) is 98.5 Å². The molecule has 0 fully saturated rings. The van der Waals surface area contributed by atoms with Gasteiger partial charge in [-0.1, -0.05) is 30.1 Å². The van der Waals surface area contributed by atoms with Crippen LogP contribution in [0.1, 0.15) is 13.3 Å². The van der Waals surface area contributed by atoms with E-state index >= 15 is 0 Å². The predicted molar refractivity (Wildman–Crippen MR) is 73.1 cm³/mol. The second-order valence-corrected chi connectivity index (χ2v) is 5.94.